The van der Waals surface area contributed by atoms with Crippen LogP contribution >= 0.6 is 0 Å². The zero-order chi connectivity index (χ0) is 19.8. The Morgan fingerprint density at radius 1 is 1.17 bits per heavy atom. The fraction of sp³-hybridized carbons (Fsp3) is 0.316. The summed E-state index contributed by atoms with van der Waals surface area (Å²) < 4.78 is 3.53. The van der Waals surface area contributed by atoms with Crippen molar-refractivity contribution in [3.05, 3.63) is 48.7 Å². The smallest absolute Gasteiger partial charge is 0.229 e. The third-order valence-corrected chi connectivity index (χ3v) is 4.93. The molecule has 10 nitrogen and oxygen atoms in total. The fourth-order valence-electron chi connectivity index (χ4n) is 3.49. The van der Waals surface area contributed by atoms with Gasteiger partial charge in [-0.2, -0.15) is 15.2 Å². The number of aromatic nitrogens is 7. The van der Waals surface area contributed by atoms with E-state index in [0.717, 1.165) is 41.2 Å². The molecule has 0 radical (unpaired) electrons. The van der Waals surface area contributed by atoms with E-state index >= 15 is 0 Å². The molecule has 1 aliphatic rings. The first kappa shape index (κ1) is 17.6. The number of pyridine rings is 1. The molecule has 1 unspecified atom stereocenters. The van der Waals surface area contributed by atoms with Crippen LogP contribution in [0.2, 0.25) is 0 Å². The van der Waals surface area contributed by atoms with E-state index in [2.05, 4.69) is 30.4 Å². The normalized spacial score (nSPS) is 16.6. The molecule has 0 saturated carbocycles. The number of rotatable bonds is 5. The predicted molar refractivity (Wildman–Crippen MR) is 108 cm³/mol. The molecule has 0 aliphatic carbocycles. The number of β-amino-alcohol motifs (C(OH)–C–C–N with tert-alkyl or cyclic N) is 1. The van der Waals surface area contributed by atoms with Gasteiger partial charge in [-0.05, 0) is 18.6 Å². The summed E-state index contributed by atoms with van der Waals surface area (Å²) in [5.41, 5.74) is 2.43. The minimum absolute atomic E-state index is 0.280. The van der Waals surface area contributed by atoms with E-state index in [4.69, 9.17) is 4.98 Å². The number of nitrogens with one attached hydrogen (secondary N) is 1. The predicted octanol–water partition coefficient (Wildman–Crippen LogP) is 1.32. The van der Waals surface area contributed by atoms with Crippen LogP contribution in [-0.4, -0.2) is 58.8 Å². The Morgan fingerprint density at radius 2 is 2.10 bits per heavy atom. The van der Waals surface area contributed by atoms with Gasteiger partial charge >= 0.3 is 0 Å². The van der Waals surface area contributed by atoms with Crippen LogP contribution in [0.5, 0.6) is 0 Å². The molecule has 2 N–H and O–H groups in total. The lowest BCUT2D eigenvalue weighted by Crippen LogP contribution is -2.22. The highest BCUT2D eigenvalue weighted by molar-refractivity contribution is 5.75. The van der Waals surface area contributed by atoms with Gasteiger partial charge in [-0.3, -0.25) is 4.68 Å². The lowest BCUT2D eigenvalue weighted by molar-refractivity contribution is 0.198. The molecule has 0 aromatic carbocycles. The second-order valence-corrected chi connectivity index (χ2v) is 7.18. The fourth-order valence-corrected chi connectivity index (χ4v) is 3.49. The van der Waals surface area contributed by atoms with E-state index in [1.807, 2.05) is 36.1 Å². The van der Waals surface area contributed by atoms with Crippen LogP contribution < -0.4 is 10.2 Å². The van der Waals surface area contributed by atoms with Crippen LogP contribution in [0.4, 0.5) is 17.5 Å². The quantitative estimate of drug-likeness (QED) is 0.524. The molecule has 1 saturated heterocycles. The van der Waals surface area contributed by atoms with Crippen molar-refractivity contribution in [3.8, 4) is 0 Å². The molecule has 1 aliphatic heterocycles. The zero-order valence-corrected chi connectivity index (χ0v) is 16.0. The Morgan fingerprint density at radius 3 is 2.90 bits per heavy atom. The van der Waals surface area contributed by atoms with Crippen molar-refractivity contribution in [1.82, 2.24) is 34.5 Å². The maximum atomic E-state index is 9.78. The van der Waals surface area contributed by atoms with Crippen molar-refractivity contribution < 1.29 is 5.11 Å². The minimum atomic E-state index is -0.280. The van der Waals surface area contributed by atoms with Gasteiger partial charge in [0.05, 0.1) is 41.8 Å². The van der Waals surface area contributed by atoms with Crippen molar-refractivity contribution >= 4 is 28.5 Å². The van der Waals surface area contributed by atoms with Gasteiger partial charge in [0.25, 0.3) is 0 Å². The van der Waals surface area contributed by atoms with Crippen LogP contribution in [-0.2, 0) is 13.6 Å². The Balaban J connectivity index is 1.39. The summed E-state index contributed by atoms with van der Waals surface area (Å²) in [4.78, 5) is 15.8. The third kappa shape index (κ3) is 3.61. The van der Waals surface area contributed by atoms with Gasteiger partial charge in [0.15, 0.2) is 5.65 Å². The van der Waals surface area contributed by atoms with Gasteiger partial charge in [-0.25, -0.2) is 14.6 Å². The number of fused-ring (bicyclic) bond motifs is 1. The molecule has 1 atom stereocenters. The maximum Gasteiger partial charge on any atom is 0.229 e. The molecule has 148 valence electrons. The van der Waals surface area contributed by atoms with E-state index in [1.165, 1.54) is 0 Å². The SMILES string of the molecule is Cn1cc(Nc2ncc3cnn(Cc4cccc(N5CCC(O)C5)n4)c3n2)cn1. The van der Waals surface area contributed by atoms with Crippen LogP contribution in [0.15, 0.2) is 43.0 Å². The second-order valence-electron chi connectivity index (χ2n) is 7.18. The first-order chi connectivity index (χ1) is 14.1. The topological polar surface area (TPSA) is 110 Å². The molecule has 10 heteroatoms. The average molecular weight is 391 g/mol. The molecule has 1 fully saturated rings. The van der Waals surface area contributed by atoms with E-state index in [0.29, 0.717) is 19.0 Å². The molecule has 5 heterocycles. The summed E-state index contributed by atoms with van der Waals surface area (Å²) in [6.45, 7) is 1.94. The lowest BCUT2D eigenvalue weighted by Gasteiger charge is -2.17. The second kappa shape index (κ2) is 7.13. The van der Waals surface area contributed by atoms with Crippen molar-refractivity contribution in [2.75, 3.05) is 23.3 Å². The molecule has 29 heavy (non-hydrogen) atoms. The summed E-state index contributed by atoms with van der Waals surface area (Å²) in [5, 5.41) is 22.4. The number of aliphatic hydroxyl groups excluding tert-OH is 1. The summed E-state index contributed by atoms with van der Waals surface area (Å²) in [6, 6.07) is 5.93. The van der Waals surface area contributed by atoms with E-state index in [-0.39, 0.29) is 6.10 Å². The highest BCUT2D eigenvalue weighted by atomic mass is 16.3. The van der Waals surface area contributed by atoms with Crippen LogP contribution in [0.25, 0.3) is 11.0 Å². The monoisotopic (exact) mass is 391 g/mol. The first-order valence-corrected chi connectivity index (χ1v) is 9.47. The number of hydrogen-bond acceptors (Lipinski definition) is 8. The van der Waals surface area contributed by atoms with Crippen molar-refractivity contribution in [3.63, 3.8) is 0 Å². The molecule has 4 aromatic heterocycles. The van der Waals surface area contributed by atoms with Crippen LogP contribution in [0, 0.1) is 0 Å². The average Bonchev–Trinajstić information content (AvgIpc) is 3.43. The highest BCUT2D eigenvalue weighted by Crippen LogP contribution is 2.20. The molecule has 5 rings (SSSR count). The Labute approximate surface area is 166 Å². The Kier molecular flexibility index (Phi) is 4.32. The summed E-state index contributed by atoms with van der Waals surface area (Å²) in [7, 11) is 1.86. The van der Waals surface area contributed by atoms with Gasteiger partial charge in [-0.15, -0.1) is 0 Å². The molecule has 0 amide bonds. The molecule has 0 spiro atoms. The van der Waals surface area contributed by atoms with E-state index in [9.17, 15) is 5.11 Å². The maximum absolute atomic E-state index is 9.78. The molecular formula is C19H21N9O. The van der Waals surface area contributed by atoms with Gasteiger partial charge < -0.3 is 15.3 Å². The Hall–Kier alpha value is -3.53. The third-order valence-electron chi connectivity index (χ3n) is 4.93. The largest absolute Gasteiger partial charge is 0.391 e. The van der Waals surface area contributed by atoms with Crippen LogP contribution in [0.3, 0.4) is 0 Å². The van der Waals surface area contributed by atoms with Gasteiger partial charge in [0.1, 0.15) is 5.82 Å². The van der Waals surface area contributed by atoms with Crippen molar-refractivity contribution in [2.24, 2.45) is 7.05 Å². The van der Waals surface area contributed by atoms with E-state index in [1.54, 1.807) is 23.3 Å². The number of anilines is 3. The first-order valence-electron chi connectivity index (χ1n) is 9.47. The molecule has 0 bridgehead atoms. The van der Waals surface area contributed by atoms with Gasteiger partial charge in [0.2, 0.25) is 5.95 Å². The molecular weight excluding hydrogens is 370 g/mol. The number of aryl methyl sites for hydroxylation is 1. The summed E-state index contributed by atoms with van der Waals surface area (Å²) in [5.74, 6) is 1.36. The van der Waals surface area contributed by atoms with Crippen molar-refractivity contribution in [2.45, 2.75) is 19.1 Å². The van der Waals surface area contributed by atoms with Gasteiger partial charge in [-0.1, -0.05) is 6.07 Å². The highest BCUT2D eigenvalue weighted by Gasteiger charge is 2.21. The van der Waals surface area contributed by atoms with Crippen LogP contribution in [0.1, 0.15) is 12.1 Å². The van der Waals surface area contributed by atoms with E-state index < -0.39 is 0 Å². The zero-order valence-electron chi connectivity index (χ0n) is 16.0. The lowest BCUT2D eigenvalue weighted by atomic mass is 10.3. The minimum Gasteiger partial charge on any atom is -0.391 e. The number of hydrogen-bond donors (Lipinski definition) is 2. The van der Waals surface area contributed by atoms with Crippen molar-refractivity contribution in [1.29, 1.82) is 0 Å². The standard InChI is InChI=1S/C19H21N9O/c1-26-10-15(9-21-26)24-19-20-7-13-8-22-28(18(13)25-19)11-14-3-2-4-17(23-14)27-6-5-16(29)12-27/h2-4,7-10,16,29H,5-6,11-12H2,1H3,(H,20,24,25). The summed E-state index contributed by atoms with van der Waals surface area (Å²) >= 11 is 0. The summed E-state index contributed by atoms with van der Waals surface area (Å²) in [6.07, 6.45) is 7.58. The number of nitrogens with zero attached hydrogens (tertiary/aromatic N) is 8. The number of aliphatic hydroxyl groups is 1. The van der Waals surface area contributed by atoms with Gasteiger partial charge in [0, 0.05) is 32.5 Å². The Bertz CT molecular complexity index is 1150. The molecule has 4 aromatic rings.